The normalized spacial score (nSPS) is 10.8. The number of thioether (sulfide) groups is 1. The molecule has 0 saturated carbocycles. The first-order chi connectivity index (χ1) is 16.1. The van der Waals surface area contributed by atoms with Crippen LogP contribution in [0.3, 0.4) is 0 Å². The Morgan fingerprint density at radius 1 is 0.970 bits per heavy atom. The van der Waals surface area contributed by atoms with E-state index in [1.807, 2.05) is 84.3 Å². The van der Waals surface area contributed by atoms with Gasteiger partial charge < -0.3 is 10.1 Å². The molecular formula is C26H26N4O2S. The molecule has 0 aliphatic carbocycles. The van der Waals surface area contributed by atoms with Crippen molar-refractivity contribution in [3.8, 4) is 22.8 Å². The van der Waals surface area contributed by atoms with Gasteiger partial charge in [0.2, 0.25) is 5.91 Å². The van der Waals surface area contributed by atoms with Crippen LogP contribution in [0, 0.1) is 6.92 Å². The van der Waals surface area contributed by atoms with Crippen molar-refractivity contribution < 1.29 is 9.53 Å². The Kier molecular flexibility index (Phi) is 7.10. The molecule has 4 aromatic rings. The fourth-order valence-electron chi connectivity index (χ4n) is 3.37. The van der Waals surface area contributed by atoms with Crippen molar-refractivity contribution in [1.82, 2.24) is 14.8 Å². The molecule has 1 heterocycles. The summed E-state index contributed by atoms with van der Waals surface area (Å²) in [5.74, 6) is 1.62. The molecule has 1 aromatic heterocycles. The predicted molar refractivity (Wildman–Crippen MR) is 133 cm³/mol. The van der Waals surface area contributed by atoms with Crippen molar-refractivity contribution in [2.75, 3.05) is 18.2 Å². The number of methoxy groups -OCH3 is 1. The number of carbonyl (C=O) groups excluding carboxylic acids is 1. The molecule has 0 aliphatic heterocycles. The van der Waals surface area contributed by atoms with Crippen LogP contribution in [0.4, 0.5) is 5.69 Å². The highest BCUT2D eigenvalue weighted by Crippen LogP contribution is 2.29. The lowest BCUT2D eigenvalue weighted by Gasteiger charge is -2.11. The lowest BCUT2D eigenvalue weighted by molar-refractivity contribution is -0.113. The predicted octanol–water partition coefficient (Wildman–Crippen LogP) is 5.54. The van der Waals surface area contributed by atoms with Crippen molar-refractivity contribution in [1.29, 1.82) is 0 Å². The van der Waals surface area contributed by atoms with Gasteiger partial charge in [0.25, 0.3) is 0 Å². The van der Waals surface area contributed by atoms with Crippen LogP contribution in [0.5, 0.6) is 5.75 Å². The van der Waals surface area contributed by atoms with Gasteiger partial charge in [-0.3, -0.25) is 9.36 Å². The summed E-state index contributed by atoms with van der Waals surface area (Å²) in [7, 11) is 1.64. The van der Waals surface area contributed by atoms with E-state index in [2.05, 4.69) is 22.4 Å². The van der Waals surface area contributed by atoms with E-state index in [-0.39, 0.29) is 11.7 Å². The molecule has 0 saturated heterocycles. The molecule has 0 spiro atoms. The molecule has 0 fully saturated rings. The highest BCUT2D eigenvalue weighted by Gasteiger charge is 2.17. The number of amides is 1. The van der Waals surface area contributed by atoms with Crippen LogP contribution in [-0.2, 0) is 11.2 Å². The second kappa shape index (κ2) is 10.4. The summed E-state index contributed by atoms with van der Waals surface area (Å²) >= 11 is 1.35. The van der Waals surface area contributed by atoms with E-state index in [4.69, 9.17) is 4.74 Å². The molecule has 0 atom stereocenters. The van der Waals surface area contributed by atoms with Crippen molar-refractivity contribution in [3.05, 3.63) is 83.9 Å². The smallest absolute Gasteiger partial charge is 0.234 e. The molecule has 33 heavy (non-hydrogen) atoms. The van der Waals surface area contributed by atoms with Crippen LogP contribution >= 0.6 is 11.8 Å². The maximum absolute atomic E-state index is 12.6. The van der Waals surface area contributed by atoms with E-state index in [1.165, 1.54) is 22.9 Å². The van der Waals surface area contributed by atoms with Crippen molar-refractivity contribution in [2.45, 2.75) is 25.4 Å². The van der Waals surface area contributed by atoms with Gasteiger partial charge in [0.1, 0.15) is 5.75 Å². The van der Waals surface area contributed by atoms with E-state index >= 15 is 0 Å². The number of hydrogen-bond donors (Lipinski definition) is 1. The number of nitrogens with one attached hydrogen (secondary N) is 1. The lowest BCUT2D eigenvalue weighted by atomic mass is 10.1. The highest BCUT2D eigenvalue weighted by molar-refractivity contribution is 7.99. The van der Waals surface area contributed by atoms with E-state index < -0.39 is 0 Å². The van der Waals surface area contributed by atoms with Gasteiger partial charge in [-0.25, -0.2) is 0 Å². The number of carbonyl (C=O) groups is 1. The standard InChI is InChI=1S/C26H26N4O2S/c1-4-19-7-11-21(12-8-19)27-24(31)17-33-26-29-28-25(20-9-5-18(2)6-10-20)30(26)22-13-15-23(32-3)16-14-22/h5-16H,4,17H2,1-3H3,(H,27,31). The Labute approximate surface area is 198 Å². The zero-order valence-corrected chi connectivity index (χ0v) is 19.7. The minimum atomic E-state index is -0.0922. The summed E-state index contributed by atoms with van der Waals surface area (Å²) < 4.78 is 7.27. The number of hydrogen-bond acceptors (Lipinski definition) is 5. The van der Waals surface area contributed by atoms with Crippen molar-refractivity contribution in [2.24, 2.45) is 0 Å². The van der Waals surface area contributed by atoms with Gasteiger partial charge in [0, 0.05) is 16.9 Å². The zero-order chi connectivity index (χ0) is 23.2. The third-order valence-corrected chi connectivity index (χ3v) is 6.18. The van der Waals surface area contributed by atoms with Crippen LogP contribution in [0.15, 0.2) is 78.0 Å². The molecule has 168 valence electrons. The van der Waals surface area contributed by atoms with Crippen LogP contribution < -0.4 is 10.1 Å². The molecular weight excluding hydrogens is 432 g/mol. The Morgan fingerprint density at radius 3 is 2.30 bits per heavy atom. The summed E-state index contributed by atoms with van der Waals surface area (Å²) in [6, 6.07) is 23.8. The Hall–Kier alpha value is -3.58. The Morgan fingerprint density at radius 2 is 1.67 bits per heavy atom. The summed E-state index contributed by atoms with van der Waals surface area (Å²) in [5, 5.41) is 12.4. The number of nitrogens with zero attached hydrogens (tertiary/aromatic N) is 3. The third-order valence-electron chi connectivity index (χ3n) is 5.25. The summed E-state index contributed by atoms with van der Waals surface area (Å²) in [6.07, 6.45) is 0.967. The monoisotopic (exact) mass is 458 g/mol. The molecule has 0 bridgehead atoms. The second-order valence-corrected chi connectivity index (χ2v) is 8.54. The van der Waals surface area contributed by atoms with Crippen LogP contribution in [-0.4, -0.2) is 33.5 Å². The van der Waals surface area contributed by atoms with Gasteiger partial charge in [-0.15, -0.1) is 10.2 Å². The maximum Gasteiger partial charge on any atom is 0.234 e. The van der Waals surface area contributed by atoms with Crippen LogP contribution in [0.25, 0.3) is 17.1 Å². The summed E-state index contributed by atoms with van der Waals surface area (Å²) in [5.41, 5.74) is 5.05. The van der Waals surface area contributed by atoms with E-state index in [9.17, 15) is 4.79 Å². The van der Waals surface area contributed by atoms with Gasteiger partial charge in [0.05, 0.1) is 12.9 Å². The van der Waals surface area contributed by atoms with Gasteiger partial charge in [0.15, 0.2) is 11.0 Å². The number of ether oxygens (including phenoxy) is 1. The fourth-order valence-corrected chi connectivity index (χ4v) is 4.12. The molecule has 1 N–H and O–H groups in total. The average Bonchev–Trinajstić information content (AvgIpc) is 3.27. The molecule has 6 nitrogen and oxygen atoms in total. The van der Waals surface area contributed by atoms with Gasteiger partial charge in [-0.1, -0.05) is 60.6 Å². The van der Waals surface area contributed by atoms with E-state index in [0.717, 1.165) is 34.9 Å². The topological polar surface area (TPSA) is 69.0 Å². The fraction of sp³-hybridized carbons (Fsp3) is 0.192. The number of aryl methyl sites for hydroxylation is 2. The molecule has 0 radical (unpaired) electrons. The molecule has 0 aliphatic rings. The number of benzene rings is 3. The average molecular weight is 459 g/mol. The SMILES string of the molecule is CCc1ccc(NC(=O)CSc2nnc(-c3ccc(C)cc3)n2-c2ccc(OC)cc2)cc1. The van der Waals surface area contributed by atoms with Crippen LogP contribution in [0.1, 0.15) is 18.1 Å². The minimum Gasteiger partial charge on any atom is -0.497 e. The highest BCUT2D eigenvalue weighted by atomic mass is 32.2. The number of anilines is 1. The van der Waals surface area contributed by atoms with Gasteiger partial charge in [-0.05, 0) is 55.3 Å². The summed E-state index contributed by atoms with van der Waals surface area (Å²) in [6.45, 7) is 4.15. The number of aromatic nitrogens is 3. The van der Waals surface area contributed by atoms with Crippen LogP contribution in [0.2, 0.25) is 0 Å². The quantitative estimate of drug-likeness (QED) is 0.351. The Balaban J connectivity index is 1.57. The molecule has 0 unspecified atom stereocenters. The molecule has 4 rings (SSSR count). The van der Waals surface area contributed by atoms with Gasteiger partial charge in [-0.2, -0.15) is 0 Å². The molecule has 7 heteroatoms. The van der Waals surface area contributed by atoms with Gasteiger partial charge >= 0.3 is 0 Å². The molecule has 3 aromatic carbocycles. The van der Waals surface area contributed by atoms with Crippen molar-refractivity contribution in [3.63, 3.8) is 0 Å². The van der Waals surface area contributed by atoms with E-state index in [0.29, 0.717) is 5.16 Å². The summed E-state index contributed by atoms with van der Waals surface area (Å²) in [4.78, 5) is 12.6. The first kappa shape index (κ1) is 22.6. The Bertz CT molecular complexity index is 1220. The van der Waals surface area contributed by atoms with E-state index in [1.54, 1.807) is 7.11 Å². The first-order valence-corrected chi connectivity index (χ1v) is 11.7. The van der Waals surface area contributed by atoms with Crippen molar-refractivity contribution >= 4 is 23.4 Å². The number of rotatable bonds is 8. The second-order valence-electron chi connectivity index (χ2n) is 7.59. The largest absolute Gasteiger partial charge is 0.497 e. The minimum absolute atomic E-state index is 0.0922. The lowest BCUT2D eigenvalue weighted by Crippen LogP contribution is -2.14. The zero-order valence-electron chi connectivity index (χ0n) is 18.9. The maximum atomic E-state index is 12.6. The first-order valence-electron chi connectivity index (χ1n) is 10.8. The molecule has 1 amide bonds. The third kappa shape index (κ3) is 5.43.